The molecule has 0 fully saturated rings. The van der Waals surface area contributed by atoms with Gasteiger partial charge in [0.15, 0.2) is 0 Å². The minimum absolute atomic E-state index is 0.000346. The summed E-state index contributed by atoms with van der Waals surface area (Å²) in [6, 6.07) is 15.4. The van der Waals surface area contributed by atoms with Crippen LogP contribution in [0.3, 0.4) is 0 Å². The van der Waals surface area contributed by atoms with Crippen molar-refractivity contribution in [3.63, 3.8) is 0 Å². The fourth-order valence-corrected chi connectivity index (χ4v) is 3.58. The molecule has 0 saturated carbocycles. The number of benzene rings is 2. The average Bonchev–Trinajstić information content (AvgIpc) is 3.13. The number of para-hydroxylation sites is 1. The summed E-state index contributed by atoms with van der Waals surface area (Å²) in [5.41, 5.74) is 3.19. The highest BCUT2D eigenvalue weighted by Crippen LogP contribution is 2.26. The van der Waals surface area contributed by atoms with Gasteiger partial charge in [-0.25, -0.2) is 0 Å². The fourth-order valence-electron chi connectivity index (χ4n) is 2.86. The Balaban J connectivity index is 1.76. The highest BCUT2D eigenvalue weighted by molar-refractivity contribution is 8.14. The molecule has 0 saturated heterocycles. The van der Waals surface area contributed by atoms with E-state index in [0.717, 1.165) is 34.0 Å². The van der Waals surface area contributed by atoms with Crippen LogP contribution in [0.25, 0.3) is 0 Å². The van der Waals surface area contributed by atoms with Gasteiger partial charge in [0, 0.05) is 29.8 Å². The Morgan fingerprint density at radius 2 is 1.79 bits per heavy atom. The maximum absolute atomic E-state index is 13.2. The number of nitrogens with zero attached hydrogens (tertiary/aromatic N) is 2. The van der Waals surface area contributed by atoms with Crippen LogP contribution in [0.4, 0.5) is 5.69 Å². The van der Waals surface area contributed by atoms with Crippen LogP contribution >= 0.6 is 11.8 Å². The van der Waals surface area contributed by atoms with Crippen molar-refractivity contribution in [1.82, 2.24) is 0 Å². The lowest BCUT2D eigenvalue weighted by Crippen LogP contribution is -2.34. The first kappa shape index (κ1) is 15.0. The van der Waals surface area contributed by atoms with Crippen LogP contribution in [0.15, 0.2) is 53.5 Å². The first-order valence-electron chi connectivity index (χ1n) is 7.86. The number of aliphatic imine (C=N–C) groups is 1. The molecule has 4 heteroatoms. The summed E-state index contributed by atoms with van der Waals surface area (Å²) in [6.45, 7) is 2.52. The second kappa shape index (κ2) is 6.54. The van der Waals surface area contributed by atoms with Crippen molar-refractivity contribution in [3.05, 3.63) is 71.8 Å². The van der Waals surface area contributed by atoms with Gasteiger partial charge in [-0.05, 0) is 24.3 Å². The van der Waals surface area contributed by atoms with E-state index < -0.39 is 0 Å². The number of carbonyl (C=O) groups excluding carboxylic acids is 1. The molecule has 0 unspecified atom stereocenters. The van der Waals surface area contributed by atoms with E-state index in [2.05, 4.69) is 16.8 Å². The van der Waals surface area contributed by atoms with Gasteiger partial charge in [0.1, 0.15) is 0 Å². The monoisotopic (exact) mass is 331 g/mol. The molecule has 1 amide bonds. The molecule has 117 valence electrons. The molecule has 3 nitrogen and oxygen atoms in total. The number of hydrogen-bond acceptors (Lipinski definition) is 3. The summed E-state index contributed by atoms with van der Waals surface area (Å²) < 4.78 is 0. The zero-order valence-corrected chi connectivity index (χ0v) is 13.8. The zero-order chi connectivity index (χ0) is 16.4. The van der Waals surface area contributed by atoms with Crippen LogP contribution in [-0.2, 0) is 0 Å². The van der Waals surface area contributed by atoms with Crippen LogP contribution in [0.2, 0.25) is 0 Å². The van der Waals surface area contributed by atoms with Gasteiger partial charge in [0.25, 0.3) is 5.91 Å². The third kappa shape index (κ3) is 2.83. The molecule has 0 spiro atoms. The second-order valence-corrected chi connectivity index (χ2v) is 6.63. The Hall–Kier alpha value is -2.51. The third-order valence-corrected chi connectivity index (χ3v) is 5.00. The van der Waals surface area contributed by atoms with E-state index in [0.29, 0.717) is 12.1 Å². The van der Waals surface area contributed by atoms with Crippen LogP contribution in [0.1, 0.15) is 27.9 Å². The summed E-state index contributed by atoms with van der Waals surface area (Å²) in [7, 11) is 0. The molecule has 0 bridgehead atoms. The molecule has 24 heavy (non-hydrogen) atoms. The van der Waals surface area contributed by atoms with Gasteiger partial charge in [0.05, 0.1) is 22.8 Å². The predicted molar refractivity (Wildman–Crippen MR) is 99.4 cm³/mol. The first-order valence-corrected chi connectivity index (χ1v) is 8.84. The van der Waals surface area contributed by atoms with Gasteiger partial charge in [-0.3, -0.25) is 9.79 Å². The Kier molecular flexibility index (Phi) is 4.10. The van der Waals surface area contributed by atoms with Crippen molar-refractivity contribution < 1.29 is 4.79 Å². The van der Waals surface area contributed by atoms with Gasteiger partial charge in [0.2, 0.25) is 0 Å². The van der Waals surface area contributed by atoms with E-state index in [1.165, 1.54) is 0 Å². The Morgan fingerprint density at radius 3 is 2.62 bits per heavy atom. The van der Waals surface area contributed by atoms with Gasteiger partial charge in [-0.15, -0.1) is 11.8 Å². The van der Waals surface area contributed by atoms with E-state index in [4.69, 9.17) is 0 Å². The van der Waals surface area contributed by atoms with E-state index in [1.54, 1.807) is 11.8 Å². The lowest BCUT2D eigenvalue weighted by molar-refractivity contribution is 0.0987. The lowest BCUT2D eigenvalue weighted by atomic mass is 10.0. The summed E-state index contributed by atoms with van der Waals surface area (Å²) in [4.78, 5) is 19.4. The smallest absolute Gasteiger partial charge is 0.259 e. The Bertz CT molecular complexity index is 892. The zero-order valence-electron chi connectivity index (χ0n) is 13.0. The quantitative estimate of drug-likeness (QED) is 0.803. The van der Waals surface area contributed by atoms with E-state index >= 15 is 0 Å². The van der Waals surface area contributed by atoms with Crippen molar-refractivity contribution in [1.29, 1.82) is 0 Å². The molecule has 0 aromatic heterocycles. The standard InChI is InChI=1S/C20H15N2OS/c23-20-17-7-3-1-5-15(17)9-10-16-6-2-4-8-18(16)22(20)13-11-19-21-12-14-24-19/h1-8,12H,11,13-14H2. The molecule has 2 aliphatic rings. The first-order chi connectivity index (χ1) is 11.8. The molecule has 0 aliphatic carbocycles. The SMILES string of the molecule is O=C1c2ccccc2C#Cc2ccccc2N1CCC1=N[CH]CS1. The van der Waals surface area contributed by atoms with Crippen molar-refractivity contribution >= 4 is 28.4 Å². The molecular formula is C20H15N2OS. The number of hydrogen-bond donors (Lipinski definition) is 0. The summed E-state index contributed by atoms with van der Waals surface area (Å²) >= 11 is 1.74. The number of fused-ring (bicyclic) bond motifs is 2. The Labute approximate surface area is 145 Å². The van der Waals surface area contributed by atoms with Crippen molar-refractivity contribution in [3.8, 4) is 11.8 Å². The summed E-state index contributed by atoms with van der Waals surface area (Å²) in [5.74, 6) is 7.28. The topological polar surface area (TPSA) is 32.7 Å². The average molecular weight is 331 g/mol. The van der Waals surface area contributed by atoms with Gasteiger partial charge in [-0.2, -0.15) is 0 Å². The van der Waals surface area contributed by atoms with Gasteiger partial charge < -0.3 is 4.90 Å². The van der Waals surface area contributed by atoms with Crippen LogP contribution in [0.5, 0.6) is 0 Å². The lowest BCUT2D eigenvalue weighted by Gasteiger charge is -2.25. The number of anilines is 1. The highest BCUT2D eigenvalue weighted by Gasteiger charge is 2.23. The molecule has 0 atom stereocenters. The molecule has 1 radical (unpaired) electrons. The maximum Gasteiger partial charge on any atom is 0.259 e. The number of rotatable bonds is 3. The van der Waals surface area contributed by atoms with E-state index in [9.17, 15) is 4.79 Å². The van der Waals surface area contributed by atoms with Crippen LogP contribution in [-0.4, -0.2) is 23.2 Å². The normalized spacial score (nSPS) is 15.6. The predicted octanol–water partition coefficient (Wildman–Crippen LogP) is 3.74. The van der Waals surface area contributed by atoms with E-state index in [1.807, 2.05) is 60.0 Å². The fraction of sp³-hybridized carbons (Fsp3) is 0.150. The molecule has 2 aromatic carbocycles. The molecule has 2 aromatic rings. The number of carbonyl (C=O) groups is 1. The van der Waals surface area contributed by atoms with Crippen LogP contribution < -0.4 is 4.90 Å². The van der Waals surface area contributed by atoms with Crippen LogP contribution in [0, 0.1) is 18.4 Å². The molecular weight excluding hydrogens is 316 g/mol. The van der Waals surface area contributed by atoms with Crippen molar-refractivity contribution in [2.45, 2.75) is 6.42 Å². The molecule has 4 rings (SSSR count). The number of amides is 1. The minimum atomic E-state index is -0.000346. The number of thioether (sulfide) groups is 1. The summed E-state index contributed by atoms with van der Waals surface area (Å²) in [6.07, 6.45) is 0.761. The largest absolute Gasteiger partial charge is 0.307 e. The highest BCUT2D eigenvalue weighted by atomic mass is 32.2. The summed E-state index contributed by atoms with van der Waals surface area (Å²) in [5, 5.41) is 1.08. The third-order valence-electron chi connectivity index (χ3n) is 4.04. The molecule has 2 heterocycles. The van der Waals surface area contributed by atoms with Crippen molar-refractivity contribution in [2.75, 3.05) is 17.2 Å². The van der Waals surface area contributed by atoms with Crippen molar-refractivity contribution in [2.24, 2.45) is 4.99 Å². The molecule has 0 N–H and O–H groups in total. The van der Waals surface area contributed by atoms with E-state index in [-0.39, 0.29) is 5.91 Å². The Morgan fingerprint density at radius 1 is 1.04 bits per heavy atom. The molecule has 2 aliphatic heterocycles. The van der Waals surface area contributed by atoms with Gasteiger partial charge in [-0.1, -0.05) is 36.1 Å². The maximum atomic E-state index is 13.2. The second-order valence-electron chi connectivity index (χ2n) is 5.54. The minimum Gasteiger partial charge on any atom is -0.307 e. The van der Waals surface area contributed by atoms with Gasteiger partial charge >= 0.3 is 0 Å².